The van der Waals surface area contributed by atoms with E-state index in [2.05, 4.69) is 6.92 Å². The Labute approximate surface area is 45.7 Å². The molecule has 0 bridgehead atoms. The van der Waals surface area contributed by atoms with Crippen LogP contribution >= 0.6 is 0 Å². The smallest absolute Gasteiger partial charge is 0.503 e. The maximum Gasteiger partial charge on any atom is 1.00 e. The van der Waals surface area contributed by atoms with Crippen molar-refractivity contribution in [1.82, 2.24) is 0 Å². The summed E-state index contributed by atoms with van der Waals surface area (Å²) in [5.41, 5.74) is 0. The minimum Gasteiger partial charge on any atom is -0.503 e. The maximum atomic E-state index is 8.89. The molecule has 0 aliphatic rings. The van der Waals surface area contributed by atoms with Gasteiger partial charge < -0.3 is 5.11 Å². The predicted octanol–water partition coefficient (Wildman–Crippen LogP) is -0.0974. The van der Waals surface area contributed by atoms with Crippen molar-refractivity contribution in [2.24, 2.45) is 0 Å². The van der Waals surface area contributed by atoms with Gasteiger partial charge in [-0.2, -0.15) is 0 Å². The molecule has 0 saturated heterocycles. The second kappa shape index (κ2) is 4.08. The minimum absolute atomic E-state index is 0. The Morgan fingerprint density at radius 3 is 1.80 bits per heavy atom. The summed E-state index contributed by atoms with van der Waals surface area (Å²) in [5.74, 6) is -1.08. The van der Waals surface area contributed by atoms with Crippen molar-refractivity contribution in [3.63, 3.8) is 0 Å². The molecule has 0 amide bonds. The molecule has 1 N–H and O–H groups in total. The molecular weight excluding hydrogens is 253 g/mol. The van der Waals surface area contributed by atoms with E-state index in [1.165, 1.54) is 0 Å². The first-order chi connectivity index (χ1) is 1.73. The standard InChI is InChI=1S/C2H3O2.Au/c1-2(3)4;/h1H2,(H,3,4);/q-1;+1. The molecular formula is C2H3AuO2. The Balaban J connectivity index is 0. The first-order valence-electron chi connectivity index (χ1n) is 0.781. The van der Waals surface area contributed by atoms with Gasteiger partial charge in [-0.3, -0.25) is 11.7 Å². The van der Waals surface area contributed by atoms with Crippen LogP contribution in [-0.4, -0.2) is 11.1 Å². The van der Waals surface area contributed by atoms with Crippen LogP contribution in [0, 0.1) is 6.92 Å². The van der Waals surface area contributed by atoms with Crippen LogP contribution in [0.25, 0.3) is 0 Å². The third kappa shape index (κ3) is 2740. The fourth-order valence-corrected chi connectivity index (χ4v) is 0. The van der Waals surface area contributed by atoms with Crippen LogP contribution in [0.15, 0.2) is 0 Å². The molecule has 0 aromatic heterocycles. The van der Waals surface area contributed by atoms with E-state index in [9.17, 15) is 0 Å². The van der Waals surface area contributed by atoms with Crippen LogP contribution < -0.4 is 0 Å². The van der Waals surface area contributed by atoms with Gasteiger partial charge in [0.05, 0.1) is 0 Å². The first-order valence-corrected chi connectivity index (χ1v) is 0.781. The number of hydrogen-bond acceptors (Lipinski definition) is 1. The van der Waals surface area contributed by atoms with Gasteiger partial charge >= 0.3 is 22.4 Å². The summed E-state index contributed by atoms with van der Waals surface area (Å²) < 4.78 is 0. The fraction of sp³-hybridized carbons (Fsp3) is 0. The third-order valence-electron chi connectivity index (χ3n) is 0. The van der Waals surface area contributed by atoms with Gasteiger partial charge in [0.25, 0.3) is 0 Å². The Morgan fingerprint density at radius 1 is 1.80 bits per heavy atom. The fourth-order valence-electron chi connectivity index (χ4n) is 0. The summed E-state index contributed by atoms with van der Waals surface area (Å²) in [6.07, 6.45) is 0. The second-order valence-electron chi connectivity index (χ2n) is 0.394. The van der Waals surface area contributed by atoms with Crippen molar-refractivity contribution in [3.05, 3.63) is 6.92 Å². The number of carbonyl (C=O) groups is 1. The SMILES string of the molecule is [Au+].[CH2-]C(=O)O. The molecule has 0 saturated carbocycles. The molecule has 0 spiro atoms. The van der Waals surface area contributed by atoms with E-state index >= 15 is 0 Å². The van der Waals surface area contributed by atoms with E-state index in [-0.39, 0.29) is 22.4 Å². The van der Waals surface area contributed by atoms with Crippen molar-refractivity contribution in [1.29, 1.82) is 0 Å². The summed E-state index contributed by atoms with van der Waals surface area (Å²) in [5, 5.41) is 7.31. The minimum atomic E-state index is -1.08. The van der Waals surface area contributed by atoms with Crippen molar-refractivity contribution in [2.75, 3.05) is 0 Å². The first kappa shape index (κ1) is 8.91. The van der Waals surface area contributed by atoms with E-state index in [1.54, 1.807) is 0 Å². The number of hydrogen-bond donors (Lipinski definition) is 1. The van der Waals surface area contributed by atoms with E-state index in [4.69, 9.17) is 9.90 Å². The van der Waals surface area contributed by atoms with Crippen LogP contribution in [0.4, 0.5) is 0 Å². The van der Waals surface area contributed by atoms with E-state index < -0.39 is 5.97 Å². The number of carboxylic acid groups (broad SMARTS) is 1. The average molecular weight is 256 g/mol. The van der Waals surface area contributed by atoms with E-state index in [0.717, 1.165) is 0 Å². The molecule has 34 valence electrons. The molecule has 2 nitrogen and oxygen atoms in total. The molecule has 0 aromatic rings. The van der Waals surface area contributed by atoms with Crippen LogP contribution in [-0.2, 0) is 27.2 Å². The quantitative estimate of drug-likeness (QED) is 0.485. The Bertz CT molecular complexity index is 30.6. The van der Waals surface area contributed by atoms with Crippen molar-refractivity contribution in [3.8, 4) is 0 Å². The topological polar surface area (TPSA) is 37.3 Å². The van der Waals surface area contributed by atoms with Gasteiger partial charge in [0, 0.05) is 0 Å². The molecule has 0 heterocycles. The zero-order valence-corrected chi connectivity index (χ0v) is 4.53. The van der Waals surface area contributed by atoms with Crippen LogP contribution in [0.1, 0.15) is 0 Å². The largest absolute Gasteiger partial charge is 1.00 e. The molecule has 0 radical (unpaired) electrons. The molecule has 0 atom stereocenters. The summed E-state index contributed by atoms with van der Waals surface area (Å²) in [6, 6.07) is 0. The van der Waals surface area contributed by atoms with Gasteiger partial charge in [-0.1, -0.05) is 0 Å². The van der Waals surface area contributed by atoms with Gasteiger partial charge in [0.2, 0.25) is 0 Å². The van der Waals surface area contributed by atoms with Gasteiger partial charge in [-0.15, -0.1) is 0 Å². The Morgan fingerprint density at radius 2 is 1.80 bits per heavy atom. The zero-order chi connectivity index (χ0) is 3.58. The monoisotopic (exact) mass is 256 g/mol. The molecule has 5 heavy (non-hydrogen) atoms. The van der Waals surface area contributed by atoms with Crippen LogP contribution in [0.2, 0.25) is 0 Å². The van der Waals surface area contributed by atoms with Gasteiger partial charge in [0.1, 0.15) is 0 Å². The molecule has 0 aliphatic heterocycles. The summed E-state index contributed by atoms with van der Waals surface area (Å²) >= 11 is 0. The van der Waals surface area contributed by atoms with Crippen LogP contribution in [0.3, 0.4) is 0 Å². The zero-order valence-electron chi connectivity index (χ0n) is 2.36. The summed E-state index contributed by atoms with van der Waals surface area (Å²) in [6.45, 7) is 2.56. The van der Waals surface area contributed by atoms with Gasteiger partial charge in [-0.05, 0) is 0 Å². The predicted molar refractivity (Wildman–Crippen MR) is 13.0 cm³/mol. The van der Waals surface area contributed by atoms with E-state index in [0.29, 0.717) is 0 Å². The molecule has 0 unspecified atom stereocenters. The van der Waals surface area contributed by atoms with Crippen molar-refractivity contribution in [2.45, 2.75) is 0 Å². The molecule has 0 aliphatic carbocycles. The Kier molecular flexibility index (Phi) is 7.27. The van der Waals surface area contributed by atoms with Crippen molar-refractivity contribution >= 4 is 5.97 Å². The van der Waals surface area contributed by atoms with Gasteiger partial charge in [-0.25, -0.2) is 0 Å². The Hall–Kier alpha value is 0.0803. The number of carboxylic acids is 1. The summed E-state index contributed by atoms with van der Waals surface area (Å²) in [7, 11) is 0. The maximum absolute atomic E-state index is 8.89. The number of aliphatic carboxylic acids is 1. The molecule has 0 fully saturated rings. The third-order valence-corrected chi connectivity index (χ3v) is 0. The van der Waals surface area contributed by atoms with Gasteiger partial charge in [0.15, 0.2) is 5.97 Å². The second-order valence-corrected chi connectivity index (χ2v) is 0.394. The van der Waals surface area contributed by atoms with Crippen molar-refractivity contribution < 1.29 is 32.3 Å². The number of rotatable bonds is 0. The molecule has 0 rings (SSSR count). The normalized spacial score (nSPS) is 4.80. The van der Waals surface area contributed by atoms with Crippen LogP contribution in [0.5, 0.6) is 0 Å². The average Bonchev–Trinajstić information content (AvgIpc) is 0.811. The molecule has 0 aromatic carbocycles. The van der Waals surface area contributed by atoms with E-state index in [1.807, 2.05) is 0 Å². The summed E-state index contributed by atoms with van der Waals surface area (Å²) in [4.78, 5) is 8.89. The molecule has 3 heteroatoms.